The van der Waals surface area contributed by atoms with Crippen LogP contribution in [0.2, 0.25) is 0 Å². The van der Waals surface area contributed by atoms with E-state index in [0.29, 0.717) is 12.5 Å². The quantitative estimate of drug-likeness (QED) is 0.575. The van der Waals surface area contributed by atoms with Crippen LogP contribution in [-0.4, -0.2) is 30.4 Å². The van der Waals surface area contributed by atoms with Crippen molar-refractivity contribution in [3.63, 3.8) is 0 Å². The molecule has 0 saturated carbocycles. The molecule has 0 fully saturated rings. The molecule has 4 nitrogen and oxygen atoms in total. The van der Waals surface area contributed by atoms with Crippen LogP contribution in [0.4, 0.5) is 0 Å². The highest BCUT2D eigenvalue weighted by Crippen LogP contribution is 2.15. The van der Waals surface area contributed by atoms with E-state index in [1.807, 2.05) is 18.2 Å². The summed E-state index contributed by atoms with van der Waals surface area (Å²) in [5.74, 6) is 1.12. The second-order valence-corrected chi connectivity index (χ2v) is 4.69. The number of rotatable bonds is 7. The summed E-state index contributed by atoms with van der Waals surface area (Å²) in [6.45, 7) is 5.97. The number of amidine groups is 1. The van der Waals surface area contributed by atoms with Crippen LogP contribution in [0.5, 0.6) is 5.75 Å². The summed E-state index contributed by atoms with van der Waals surface area (Å²) in [4.78, 5) is 2.30. The van der Waals surface area contributed by atoms with Crippen molar-refractivity contribution in [1.82, 2.24) is 4.90 Å². The fourth-order valence-electron chi connectivity index (χ4n) is 1.79. The van der Waals surface area contributed by atoms with Crippen LogP contribution >= 0.6 is 0 Å². The van der Waals surface area contributed by atoms with Gasteiger partial charge in [-0.25, -0.2) is 0 Å². The molecule has 0 aliphatic carbocycles. The molecule has 0 amide bonds. The summed E-state index contributed by atoms with van der Waals surface area (Å²) in [6, 6.07) is 8.50. The first kappa shape index (κ1) is 14.5. The number of nitrogens with one attached hydrogen (secondary N) is 1. The summed E-state index contributed by atoms with van der Waals surface area (Å²) in [5.41, 5.74) is 6.63. The molecule has 0 heterocycles. The van der Waals surface area contributed by atoms with E-state index in [2.05, 4.69) is 24.8 Å². The third-order valence-electron chi connectivity index (χ3n) is 2.92. The van der Waals surface area contributed by atoms with Gasteiger partial charge in [0, 0.05) is 25.6 Å². The third kappa shape index (κ3) is 4.75. The van der Waals surface area contributed by atoms with E-state index in [1.165, 1.54) is 5.56 Å². The molecule has 1 aromatic carbocycles. The van der Waals surface area contributed by atoms with Gasteiger partial charge in [0.15, 0.2) is 0 Å². The Bertz CT molecular complexity index is 390. The topological polar surface area (TPSA) is 62.3 Å². The maximum absolute atomic E-state index is 7.30. The first-order valence-electron chi connectivity index (χ1n) is 6.22. The molecule has 18 heavy (non-hydrogen) atoms. The van der Waals surface area contributed by atoms with Crippen molar-refractivity contribution in [3.05, 3.63) is 29.8 Å². The maximum atomic E-state index is 7.30. The lowest BCUT2D eigenvalue weighted by Gasteiger charge is -2.26. The molecule has 0 aliphatic rings. The Hall–Kier alpha value is -1.55. The smallest absolute Gasteiger partial charge is 0.119 e. The molecule has 0 radical (unpaired) electrons. The Morgan fingerprint density at radius 2 is 2.17 bits per heavy atom. The van der Waals surface area contributed by atoms with Crippen LogP contribution in [0.25, 0.3) is 0 Å². The number of nitrogens with zero attached hydrogens (tertiary/aromatic N) is 1. The summed E-state index contributed by atoms with van der Waals surface area (Å²) in [5, 5.41) is 7.30. The van der Waals surface area contributed by atoms with Crippen LogP contribution in [-0.2, 0) is 6.54 Å². The first-order valence-corrected chi connectivity index (χ1v) is 6.22. The lowest BCUT2D eigenvalue weighted by atomic mass is 10.1. The van der Waals surface area contributed by atoms with E-state index in [-0.39, 0.29) is 5.84 Å². The van der Waals surface area contributed by atoms with E-state index in [1.54, 1.807) is 7.11 Å². The molecule has 1 aromatic rings. The molecule has 3 N–H and O–H groups in total. The third-order valence-corrected chi connectivity index (χ3v) is 2.92. The fourth-order valence-corrected chi connectivity index (χ4v) is 1.79. The summed E-state index contributed by atoms with van der Waals surface area (Å²) < 4.78 is 5.22. The van der Waals surface area contributed by atoms with Crippen molar-refractivity contribution in [3.8, 4) is 5.75 Å². The zero-order chi connectivity index (χ0) is 13.5. The molecule has 0 unspecified atom stereocenters. The van der Waals surface area contributed by atoms with Gasteiger partial charge in [0.25, 0.3) is 0 Å². The second kappa shape index (κ2) is 7.01. The highest BCUT2D eigenvalue weighted by molar-refractivity contribution is 5.76. The Labute approximate surface area is 109 Å². The van der Waals surface area contributed by atoms with Gasteiger partial charge in [-0.2, -0.15) is 0 Å². The lowest BCUT2D eigenvalue weighted by molar-refractivity contribution is 0.218. The molecule has 0 aromatic heterocycles. The van der Waals surface area contributed by atoms with Gasteiger partial charge >= 0.3 is 0 Å². The molecule has 1 rings (SSSR count). The molecule has 100 valence electrons. The normalized spacial score (nSPS) is 10.9. The number of nitrogens with two attached hydrogens (primary N) is 1. The summed E-state index contributed by atoms with van der Waals surface area (Å²) in [6.07, 6.45) is 0.613. The summed E-state index contributed by atoms with van der Waals surface area (Å²) >= 11 is 0. The zero-order valence-corrected chi connectivity index (χ0v) is 11.4. The highest BCUT2D eigenvalue weighted by Gasteiger charge is 2.10. The SMILES string of the molecule is COc1cccc(CN(CCC(=N)N)C(C)C)c1. The van der Waals surface area contributed by atoms with Crippen LogP contribution in [0.3, 0.4) is 0 Å². The van der Waals surface area contributed by atoms with E-state index in [4.69, 9.17) is 15.9 Å². The standard InChI is InChI=1S/C14H23N3O/c1-11(2)17(8-7-14(15)16)10-12-5-4-6-13(9-12)18-3/h4-6,9,11H,7-8,10H2,1-3H3,(H3,15,16). The molecule has 0 saturated heterocycles. The number of benzene rings is 1. The van der Waals surface area contributed by atoms with E-state index in [9.17, 15) is 0 Å². The average molecular weight is 249 g/mol. The molecule has 0 spiro atoms. The molecule has 0 atom stereocenters. The fraction of sp³-hybridized carbons (Fsp3) is 0.500. The van der Waals surface area contributed by atoms with Gasteiger partial charge in [0.05, 0.1) is 12.9 Å². The van der Waals surface area contributed by atoms with Crippen molar-refractivity contribution in [2.45, 2.75) is 32.9 Å². The minimum Gasteiger partial charge on any atom is -0.497 e. The molecule has 0 bridgehead atoms. The van der Waals surface area contributed by atoms with Gasteiger partial charge in [-0.15, -0.1) is 0 Å². The van der Waals surface area contributed by atoms with Crippen molar-refractivity contribution >= 4 is 5.84 Å². The number of ether oxygens (including phenoxy) is 1. The van der Waals surface area contributed by atoms with E-state index < -0.39 is 0 Å². The Morgan fingerprint density at radius 1 is 1.44 bits per heavy atom. The maximum Gasteiger partial charge on any atom is 0.119 e. The number of hydrogen-bond acceptors (Lipinski definition) is 3. The van der Waals surface area contributed by atoms with Crippen LogP contribution in [0.15, 0.2) is 24.3 Å². The average Bonchev–Trinajstić information content (AvgIpc) is 2.34. The van der Waals surface area contributed by atoms with Gasteiger partial charge in [0.1, 0.15) is 5.75 Å². The lowest BCUT2D eigenvalue weighted by Crippen LogP contribution is -2.33. The zero-order valence-electron chi connectivity index (χ0n) is 11.4. The van der Waals surface area contributed by atoms with Crippen LogP contribution < -0.4 is 10.5 Å². The predicted octanol–water partition coefficient (Wildman–Crippen LogP) is 2.23. The number of methoxy groups -OCH3 is 1. The molecule has 4 heteroatoms. The molecule has 0 aliphatic heterocycles. The predicted molar refractivity (Wildman–Crippen MR) is 75.1 cm³/mol. The summed E-state index contributed by atoms with van der Waals surface area (Å²) in [7, 11) is 1.68. The van der Waals surface area contributed by atoms with Crippen molar-refractivity contribution in [1.29, 1.82) is 5.41 Å². The van der Waals surface area contributed by atoms with Gasteiger partial charge in [-0.3, -0.25) is 10.3 Å². The van der Waals surface area contributed by atoms with E-state index in [0.717, 1.165) is 18.8 Å². The monoisotopic (exact) mass is 249 g/mol. The van der Waals surface area contributed by atoms with Gasteiger partial charge in [-0.05, 0) is 31.5 Å². The Kier molecular flexibility index (Phi) is 5.65. The van der Waals surface area contributed by atoms with Crippen molar-refractivity contribution in [2.24, 2.45) is 5.73 Å². The minimum absolute atomic E-state index is 0.242. The van der Waals surface area contributed by atoms with Gasteiger partial charge < -0.3 is 10.5 Å². The van der Waals surface area contributed by atoms with Crippen molar-refractivity contribution in [2.75, 3.05) is 13.7 Å². The second-order valence-electron chi connectivity index (χ2n) is 4.69. The van der Waals surface area contributed by atoms with E-state index >= 15 is 0 Å². The van der Waals surface area contributed by atoms with Crippen LogP contribution in [0.1, 0.15) is 25.8 Å². The first-order chi connectivity index (χ1) is 8.52. The molecular formula is C14H23N3O. The minimum atomic E-state index is 0.242. The largest absolute Gasteiger partial charge is 0.497 e. The van der Waals surface area contributed by atoms with Gasteiger partial charge in [-0.1, -0.05) is 12.1 Å². The van der Waals surface area contributed by atoms with Crippen molar-refractivity contribution < 1.29 is 4.74 Å². The Morgan fingerprint density at radius 3 is 2.72 bits per heavy atom. The van der Waals surface area contributed by atoms with Crippen LogP contribution in [0, 0.1) is 5.41 Å². The number of hydrogen-bond donors (Lipinski definition) is 2. The molecular weight excluding hydrogens is 226 g/mol. The van der Waals surface area contributed by atoms with Gasteiger partial charge in [0.2, 0.25) is 0 Å². The Balaban J connectivity index is 2.67. The highest BCUT2D eigenvalue weighted by atomic mass is 16.5.